The van der Waals surface area contributed by atoms with Gasteiger partial charge in [0.1, 0.15) is 0 Å². The summed E-state index contributed by atoms with van der Waals surface area (Å²) in [7, 11) is 0. The van der Waals surface area contributed by atoms with Gasteiger partial charge in [0.15, 0.2) is 0 Å². The van der Waals surface area contributed by atoms with E-state index >= 15 is 0 Å². The van der Waals surface area contributed by atoms with Crippen molar-refractivity contribution in [1.82, 2.24) is 5.32 Å². The predicted molar refractivity (Wildman–Crippen MR) is 48.1 cm³/mol. The molecule has 0 unspecified atom stereocenters. The van der Waals surface area contributed by atoms with Crippen LogP contribution in [0.2, 0.25) is 0 Å². The highest BCUT2D eigenvalue weighted by Crippen LogP contribution is 2.11. The fourth-order valence-electron chi connectivity index (χ4n) is 0.683. The minimum atomic E-state index is -0.857. The lowest BCUT2D eigenvalue weighted by atomic mass is 9.93. The summed E-state index contributed by atoms with van der Waals surface area (Å²) in [5, 5.41) is 11.2. The number of nitrogens with one attached hydrogen (secondary N) is 1. The van der Waals surface area contributed by atoms with Crippen LogP contribution in [0.1, 0.15) is 20.3 Å². The molecule has 13 heavy (non-hydrogen) atoms. The molecule has 5 nitrogen and oxygen atoms in total. The number of primary amides is 1. The van der Waals surface area contributed by atoms with Crippen LogP contribution in [0, 0.1) is 5.41 Å². The normalized spacial score (nSPS) is 11.2. The number of rotatable bonds is 6. The SMILES string of the molecule is CC(C)(CNCCC(=O)O)C(N)=O. The molecule has 0 spiro atoms. The highest BCUT2D eigenvalue weighted by molar-refractivity contribution is 5.80. The van der Waals surface area contributed by atoms with Crippen LogP contribution in [0.5, 0.6) is 0 Å². The Bertz CT molecular complexity index is 202. The van der Waals surface area contributed by atoms with Crippen LogP contribution in [0.3, 0.4) is 0 Å². The average Bonchev–Trinajstić information content (AvgIpc) is 1.97. The molecule has 0 bridgehead atoms. The number of hydrogen-bond acceptors (Lipinski definition) is 3. The highest BCUT2D eigenvalue weighted by Gasteiger charge is 2.23. The minimum Gasteiger partial charge on any atom is -0.481 e. The van der Waals surface area contributed by atoms with Gasteiger partial charge >= 0.3 is 5.97 Å². The van der Waals surface area contributed by atoms with Crippen LogP contribution >= 0.6 is 0 Å². The molecule has 0 aliphatic heterocycles. The van der Waals surface area contributed by atoms with E-state index in [-0.39, 0.29) is 6.42 Å². The molecule has 1 amide bonds. The smallest absolute Gasteiger partial charge is 0.304 e. The van der Waals surface area contributed by atoms with Gasteiger partial charge in [0.05, 0.1) is 11.8 Å². The molecule has 0 heterocycles. The Balaban J connectivity index is 3.64. The first-order chi connectivity index (χ1) is 5.86. The van der Waals surface area contributed by atoms with Gasteiger partial charge in [0.2, 0.25) is 5.91 Å². The van der Waals surface area contributed by atoms with E-state index in [1.54, 1.807) is 13.8 Å². The van der Waals surface area contributed by atoms with Crippen LogP contribution < -0.4 is 11.1 Å². The van der Waals surface area contributed by atoms with E-state index in [4.69, 9.17) is 10.8 Å². The van der Waals surface area contributed by atoms with E-state index in [2.05, 4.69) is 5.32 Å². The molecule has 76 valence electrons. The van der Waals surface area contributed by atoms with Crippen LogP contribution in [-0.2, 0) is 9.59 Å². The van der Waals surface area contributed by atoms with Gasteiger partial charge in [-0.2, -0.15) is 0 Å². The molecule has 4 N–H and O–H groups in total. The zero-order valence-corrected chi connectivity index (χ0v) is 7.96. The van der Waals surface area contributed by atoms with Gasteiger partial charge in [0, 0.05) is 13.1 Å². The third-order valence-corrected chi connectivity index (χ3v) is 1.75. The minimum absolute atomic E-state index is 0.0504. The third kappa shape index (κ3) is 5.19. The number of carbonyl (C=O) groups is 2. The van der Waals surface area contributed by atoms with Gasteiger partial charge < -0.3 is 16.2 Å². The lowest BCUT2D eigenvalue weighted by Gasteiger charge is -2.20. The maximum atomic E-state index is 10.8. The largest absolute Gasteiger partial charge is 0.481 e. The van der Waals surface area contributed by atoms with E-state index in [0.29, 0.717) is 13.1 Å². The van der Waals surface area contributed by atoms with E-state index in [0.717, 1.165) is 0 Å². The summed E-state index contributed by atoms with van der Waals surface area (Å²) < 4.78 is 0. The van der Waals surface area contributed by atoms with Crippen LogP contribution in [0.25, 0.3) is 0 Å². The second kappa shape index (κ2) is 4.81. The maximum absolute atomic E-state index is 10.8. The zero-order valence-electron chi connectivity index (χ0n) is 7.96. The molecule has 0 saturated carbocycles. The second-order valence-electron chi connectivity index (χ2n) is 3.57. The molecule has 0 fully saturated rings. The Labute approximate surface area is 77.3 Å². The number of hydrogen-bond donors (Lipinski definition) is 3. The molecule has 0 rings (SSSR count). The molecule has 0 radical (unpaired) electrons. The van der Waals surface area contributed by atoms with Crippen LogP contribution in [0.4, 0.5) is 0 Å². The number of aliphatic carboxylic acids is 1. The summed E-state index contributed by atoms with van der Waals surface area (Å²) >= 11 is 0. The van der Waals surface area contributed by atoms with Crippen molar-refractivity contribution < 1.29 is 14.7 Å². The first kappa shape index (κ1) is 11.9. The highest BCUT2D eigenvalue weighted by atomic mass is 16.4. The van der Waals surface area contributed by atoms with Crippen LogP contribution in [-0.4, -0.2) is 30.1 Å². The molecular formula is C8H16N2O3. The number of carbonyl (C=O) groups excluding carboxylic acids is 1. The molecule has 0 atom stereocenters. The van der Waals surface area contributed by atoms with Gasteiger partial charge in [-0.25, -0.2) is 0 Å². The van der Waals surface area contributed by atoms with Gasteiger partial charge in [-0.05, 0) is 13.8 Å². The molecule has 0 aromatic carbocycles. The van der Waals surface area contributed by atoms with Crippen molar-refractivity contribution in [3.8, 4) is 0 Å². The second-order valence-corrected chi connectivity index (χ2v) is 3.57. The van der Waals surface area contributed by atoms with Crippen molar-refractivity contribution >= 4 is 11.9 Å². The summed E-state index contributed by atoms with van der Waals surface area (Å²) in [6.45, 7) is 4.17. The molecular weight excluding hydrogens is 172 g/mol. The maximum Gasteiger partial charge on any atom is 0.304 e. The summed E-state index contributed by atoms with van der Waals surface area (Å²) in [6.07, 6.45) is 0.0504. The zero-order chi connectivity index (χ0) is 10.5. The average molecular weight is 188 g/mol. The Morgan fingerprint density at radius 2 is 2.00 bits per heavy atom. The first-order valence-electron chi connectivity index (χ1n) is 4.08. The Morgan fingerprint density at radius 3 is 2.38 bits per heavy atom. The number of carboxylic acids is 1. The first-order valence-corrected chi connectivity index (χ1v) is 4.08. The third-order valence-electron chi connectivity index (χ3n) is 1.75. The Morgan fingerprint density at radius 1 is 1.46 bits per heavy atom. The Kier molecular flexibility index (Phi) is 4.40. The predicted octanol–water partition coefficient (Wildman–Crippen LogP) is -0.438. The van der Waals surface area contributed by atoms with Crippen molar-refractivity contribution in [2.75, 3.05) is 13.1 Å². The van der Waals surface area contributed by atoms with E-state index in [1.165, 1.54) is 0 Å². The van der Waals surface area contributed by atoms with E-state index in [9.17, 15) is 9.59 Å². The van der Waals surface area contributed by atoms with E-state index in [1.807, 2.05) is 0 Å². The monoisotopic (exact) mass is 188 g/mol. The molecule has 0 aromatic heterocycles. The molecule has 0 aromatic rings. The molecule has 0 saturated heterocycles. The quantitative estimate of drug-likeness (QED) is 0.493. The van der Waals surface area contributed by atoms with Gasteiger partial charge in [0.25, 0.3) is 0 Å². The van der Waals surface area contributed by atoms with E-state index < -0.39 is 17.3 Å². The topological polar surface area (TPSA) is 92.4 Å². The van der Waals surface area contributed by atoms with Crippen molar-refractivity contribution in [2.45, 2.75) is 20.3 Å². The fourth-order valence-corrected chi connectivity index (χ4v) is 0.683. The summed E-state index contributed by atoms with van der Waals surface area (Å²) in [5.74, 6) is -1.25. The molecule has 5 heteroatoms. The standard InChI is InChI=1S/C8H16N2O3/c1-8(2,7(9)13)5-10-4-3-6(11)12/h10H,3-5H2,1-2H3,(H2,9,13)(H,11,12). The van der Waals surface area contributed by atoms with Crippen molar-refractivity contribution in [3.63, 3.8) is 0 Å². The van der Waals surface area contributed by atoms with Crippen LogP contribution in [0.15, 0.2) is 0 Å². The Hall–Kier alpha value is -1.10. The van der Waals surface area contributed by atoms with Gasteiger partial charge in [-0.15, -0.1) is 0 Å². The lowest BCUT2D eigenvalue weighted by Crippen LogP contribution is -2.40. The lowest BCUT2D eigenvalue weighted by molar-refractivity contribution is -0.136. The summed E-state index contributed by atoms with van der Waals surface area (Å²) in [4.78, 5) is 20.9. The summed E-state index contributed by atoms with van der Waals surface area (Å²) in [5.41, 5.74) is 4.49. The molecule has 0 aliphatic carbocycles. The number of nitrogens with two attached hydrogens (primary N) is 1. The van der Waals surface area contributed by atoms with Crippen molar-refractivity contribution in [1.29, 1.82) is 0 Å². The molecule has 0 aliphatic rings. The summed E-state index contributed by atoms with van der Waals surface area (Å²) in [6, 6.07) is 0. The van der Waals surface area contributed by atoms with Crippen molar-refractivity contribution in [3.05, 3.63) is 0 Å². The number of carboxylic acid groups (broad SMARTS) is 1. The van der Waals surface area contributed by atoms with Gasteiger partial charge in [-0.1, -0.05) is 0 Å². The fraction of sp³-hybridized carbons (Fsp3) is 0.750. The van der Waals surface area contributed by atoms with Gasteiger partial charge in [-0.3, -0.25) is 9.59 Å². The number of amides is 1. The van der Waals surface area contributed by atoms with Crippen molar-refractivity contribution in [2.24, 2.45) is 11.1 Å².